The van der Waals surface area contributed by atoms with E-state index >= 15 is 0 Å². The van der Waals surface area contributed by atoms with Crippen molar-refractivity contribution in [2.24, 2.45) is 0 Å². The van der Waals surface area contributed by atoms with Crippen LogP contribution in [-0.4, -0.2) is 66.4 Å². The first kappa shape index (κ1) is 21.4. The SMILES string of the molecule is CCCCOc1ccc(CNc2ncnc3c2ncn3C2O[C@H](CO)[C@@H](O)[C@H]2O)cc1. The third-order valence-corrected chi connectivity index (χ3v) is 5.30. The summed E-state index contributed by atoms with van der Waals surface area (Å²) in [4.78, 5) is 12.9. The summed E-state index contributed by atoms with van der Waals surface area (Å²) in [5.74, 6) is 1.39. The number of ether oxygens (including phenoxy) is 2. The second-order valence-corrected chi connectivity index (χ2v) is 7.47. The number of anilines is 1. The van der Waals surface area contributed by atoms with Crippen molar-refractivity contribution in [3.8, 4) is 5.75 Å². The topological polar surface area (TPSA) is 135 Å². The first-order valence-electron chi connectivity index (χ1n) is 10.4. The van der Waals surface area contributed by atoms with Crippen LogP contribution >= 0.6 is 0 Å². The second-order valence-electron chi connectivity index (χ2n) is 7.47. The van der Waals surface area contributed by atoms with E-state index in [2.05, 4.69) is 27.2 Å². The quantitative estimate of drug-likeness (QED) is 0.370. The molecule has 1 aliphatic rings. The van der Waals surface area contributed by atoms with Crippen molar-refractivity contribution in [3.05, 3.63) is 42.5 Å². The fourth-order valence-electron chi connectivity index (χ4n) is 3.50. The Balaban J connectivity index is 1.46. The zero-order chi connectivity index (χ0) is 21.8. The molecule has 4 N–H and O–H groups in total. The van der Waals surface area contributed by atoms with Gasteiger partial charge in [-0.2, -0.15) is 0 Å². The van der Waals surface area contributed by atoms with Crippen LogP contribution in [0.4, 0.5) is 5.82 Å². The molecule has 0 bridgehead atoms. The van der Waals surface area contributed by atoms with Crippen LogP contribution in [0.15, 0.2) is 36.9 Å². The Bertz CT molecular complexity index is 995. The van der Waals surface area contributed by atoms with Gasteiger partial charge in [0.15, 0.2) is 23.2 Å². The molecule has 3 heterocycles. The molecular formula is C21H27N5O5. The zero-order valence-electron chi connectivity index (χ0n) is 17.3. The van der Waals surface area contributed by atoms with Gasteiger partial charge >= 0.3 is 0 Å². The number of nitrogens with zero attached hydrogens (tertiary/aromatic N) is 4. The molecule has 166 valence electrons. The van der Waals surface area contributed by atoms with Crippen molar-refractivity contribution in [2.45, 2.75) is 50.8 Å². The van der Waals surface area contributed by atoms with E-state index in [1.54, 1.807) is 0 Å². The summed E-state index contributed by atoms with van der Waals surface area (Å²) < 4.78 is 12.8. The van der Waals surface area contributed by atoms with Crippen molar-refractivity contribution < 1.29 is 24.8 Å². The molecule has 3 aromatic rings. The minimum absolute atomic E-state index is 0.397. The minimum Gasteiger partial charge on any atom is -0.494 e. The van der Waals surface area contributed by atoms with Crippen molar-refractivity contribution in [2.75, 3.05) is 18.5 Å². The molecule has 1 unspecified atom stereocenters. The maximum absolute atomic E-state index is 10.3. The molecule has 10 nitrogen and oxygen atoms in total. The second kappa shape index (κ2) is 9.56. The van der Waals surface area contributed by atoms with E-state index in [4.69, 9.17) is 9.47 Å². The highest BCUT2D eigenvalue weighted by atomic mass is 16.6. The van der Waals surface area contributed by atoms with Gasteiger partial charge in [0.05, 0.1) is 19.5 Å². The molecule has 0 aliphatic carbocycles. The van der Waals surface area contributed by atoms with Gasteiger partial charge in [0.1, 0.15) is 30.4 Å². The molecule has 10 heteroatoms. The number of benzene rings is 1. The normalized spacial score (nSPS) is 23.4. The highest BCUT2D eigenvalue weighted by Gasteiger charge is 2.44. The minimum atomic E-state index is -1.21. The first-order chi connectivity index (χ1) is 15.1. The van der Waals surface area contributed by atoms with Gasteiger partial charge in [0.25, 0.3) is 0 Å². The van der Waals surface area contributed by atoms with E-state index < -0.39 is 31.1 Å². The molecule has 0 amide bonds. The van der Waals surface area contributed by atoms with E-state index in [0.717, 1.165) is 24.2 Å². The molecule has 1 aliphatic heterocycles. The number of nitrogens with one attached hydrogen (secondary N) is 1. The Morgan fingerprint density at radius 3 is 2.65 bits per heavy atom. The molecule has 1 aromatic carbocycles. The summed E-state index contributed by atoms with van der Waals surface area (Å²) in [6.07, 6.45) is 0.829. The molecule has 0 spiro atoms. The van der Waals surface area contributed by atoms with E-state index in [0.29, 0.717) is 30.1 Å². The Labute approximate surface area is 179 Å². The van der Waals surface area contributed by atoms with Gasteiger partial charge in [-0.25, -0.2) is 15.0 Å². The van der Waals surface area contributed by atoms with Gasteiger partial charge in [-0.05, 0) is 24.1 Å². The monoisotopic (exact) mass is 429 g/mol. The average molecular weight is 429 g/mol. The summed E-state index contributed by atoms with van der Waals surface area (Å²) in [5.41, 5.74) is 2.02. The maximum Gasteiger partial charge on any atom is 0.167 e. The number of aliphatic hydroxyl groups excluding tert-OH is 3. The van der Waals surface area contributed by atoms with Crippen molar-refractivity contribution >= 4 is 17.0 Å². The molecule has 31 heavy (non-hydrogen) atoms. The number of hydrogen-bond donors (Lipinski definition) is 4. The molecule has 0 saturated carbocycles. The van der Waals surface area contributed by atoms with Gasteiger partial charge in [-0.15, -0.1) is 0 Å². The summed E-state index contributed by atoms with van der Waals surface area (Å²) in [6.45, 7) is 2.97. The molecule has 4 rings (SSSR count). The van der Waals surface area contributed by atoms with Crippen LogP contribution in [0.2, 0.25) is 0 Å². The molecular weight excluding hydrogens is 402 g/mol. The fourth-order valence-corrected chi connectivity index (χ4v) is 3.50. The Morgan fingerprint density at radius 1 is 1.13 bits per heavy atom. The van der Waals surface area contributed by atoms with Crippen LogP contribution in [0.1, 0.15) is 31.6 Å². The number of imidazole rings is 1. The molecule has 0 radical (unpaired) electrons. The van der Waals surface area contributed by atoms with Crippen LogP contribution in [0, 0.1) is 0 Å². The highest BCUT2D eigenvalue weighted by molar-refractivity contribution is 5.82. The summed E-state index contributed by atoms with van der Waals surface area (Å²) >= 11 is 0. The lowest BCUT2D eigenvalue weighted by atomic mass is 10.1. The third kappa shape index (κ3) is 4.47. The number of aromatic nitrogens is 4. The first-order valence-corrected chi connectivity index (χ1v) is 10.4. The fraction of sp³-hybridized carbons (Fsp3) is 0.476. The number of unbranched alkanes of at least 4 members (excludes halogenated alkanes) is 1. The highest BCUT2D eigenvalue weighted by Crippen LogP contribution is 2.32. The van der Waals surface area contributed by atoms with E-state index in [-0.39, 0.29) is 0 Å². The predicted molar refractivity (Wildman–Crippen MR) is 113 cm³/mol. The van der Waals surface area contributed by atoms with E-state index in [1.165, 1.54) is 17.2 Å². The largest absolute Gasteiger partial charge is 0.494 e. The summed E-state index contributed by atoms with van der Waals surface area (Å²) in [5, 5.41) is 32.9. The van der Waals surface area contributed by atoms with Gasteiger partial charge in [-0.1, -0.05) is 25.5 Å². The van der Waals surface area contributed by atoms with Crippen LogP contribution in [0.3, 0.4) is 0 Å². The number of hydrogen-bond acceptors (Lipinski definition) is 9. The molecule has 2 aromatic heterocycles. The Kier molecular flexibility index (Phi) is 6.62. The van der Waals surface area contributed by atoms with E-state index in [1.807, 2.05) is 24.3 Å². The van der Waals surface area contributed by atoms with Crippen LogP contribution in [0.5, 0.6) is 5.75 Å². The molecule has 1 saturated heterocycles. The van der Waals surface area contributed by atoms with Crippen molar-refractivity contribution in [3.63, 3.8) is 0 Å². The maximum atomic E-state index is 10.3. The van der Waals surface area contributed by atoms with Gasteiger partial charge in [0.2, 0.25) is 0 Å². The lowest BCUT2D eigenvalue weighted by molar-refractivity contribution is -0.0511. The number of rotatable bonds is 9. The van der Waals surface area contributed by atoms with Crippen LogP contribution in [0.25, 0.3) is 11.2 Å². The van der Waals surface area contributed by atoms with Crippen LogP contribution in [-0.2, 0) is 11.3 Å². The lowest BCUT2D eigenvalue weighted by Crippen LogP contribution is -2.33. The van der Waals surface area contributed by atoms with E-state index in [9.17, 15) is 15.3 Å². The number of fused-ring (bicyclic) bond motifs is 1. The molecule has 1 fully saturated rings. The standard InChI is InChI=1S/C21H27N5O5/c1-2-3-8-30-14-6-4-13(5-7-14)9-22-19-16-20(24-11-23-19)26(12-25-16)21-18(29)17(28)15(10-27)31-21/h4-7,11-12,15,17-18,21,27-29H,2-3,8-10H2,1H3,(H,22,23,24)/t15-,17-,18-,21?/m1/s1. The Hall–Kier alpha value is -2.79. The Morgan fingerprint density at radius 2 is 1.94 bits per heavy atom. The van der Waals surface area contributed by atoms with Crippen molar-refractivity contribution in [1.82, 2.24) is 19.5 Å². The third-order valence-electron chi connectivity index (χ3n) is 5.30. The smallest absolute Gasteiger partial charge is 0.167 e. The predicted octanol–water partition coefficient (Wildman–Crippen LogP) is 1.23. The average Bonchev–Trinajstić information content (AvgIpc) is 3.34. The summed E-state index contributed by atoms with van der Waals surface area (Å²) in [6, 6.07) is 7.87. The van der Waals surface area contributed by atoms with Gasteiger partial charge < -0.3 is 30.1 Å². The van der Waals surface area contributed by atoms with Gasteiger partial charge in [0, 0.05) is 6.54 Å². The molecule has 4 atom stereocenters. The van der Waals surface area contributed by atoms with Crippen LogP contribution < -0.4 is 10.1 Å². The summed E-state index contributed by atoms with van der Waals surface area (Å²) in [7, 11) is 0. The van der Waals surface area contributed by atoms with Gasteiger partial charge in [-0.3, -0.25) is 4.57 Å². The zero-order valence-corrected chi connectivity index (χ0v) is 17.3. The number of aliphatic hydroxyl groups is 3. The van der Waals surface area contributed by atoms with Crippen molar-refractivity contribution in [1.29, 1.82) is 0 Å². The lowest BCUT2D eigenvalue weighted by Gasteiger charge is -2.16.